The van der Waals surface area contributed by atoms with E-state index >= 15 is 0 Å². The van der Waals surface area contributed by atoms with Gasteiger partial charge >= 0.3 is 0 Å². The zero-order chi connectivity index (χ0) is 16.5. The average molecular weight is 327 g/mol. The van der Waals surface area contributed by atoms with Crippen LogP contribution in [0.1, 0.15) is 11.1 Å². The van der Waals surface area contributed by atoms with Gasteiger partial charge < -0.3 is 4.74 Å². The van der Waals surface area contributed by atoms with Gasteiger partial charge in [-0.3, -0.25) is 9.59 Å². The van der Waals surface area contributed by atoms with Crippen molar-refractivity contribution in [3.63, 3.8) is 0 Å². The number of hydrogen-bond donors (Lipinski definition) is 0. The molecule has 0 aromatic heterocycles. The quantitative estimate of drug-likeness (QED) is 0.435. The topological polar surface area (TPSA) is 43.4 Å². The van der Waals surface area contributed by atoms with Crippen molar-refractivity contribution in [1.29, 1.82) is 0 Å². The summed E-state index contributed by atoms with van der Waals surface area (Å²) in [5.41, 5.74) is 1.69. The number of ketones is 1. The first-order chi connectivity index (χ1) is 11.2. The van der Waals surface area contributed by atoms with E-state index in [1.54, 1.807) is 36.4 Å². The van der Waals surface area contributed by atoms with Crippen LogP contribution < -0.4 is 0 Å². The maximum Gasteiger partial charge on any atom is 0.193 e. The second-order valence-electron chi connectivity index (χ2n) is 4.72. The van der Waals surface area contributed by atoms with Crippen LogP contribution in [-0.4, -0.2) is 18.7 Å². The van der Waals surface area contributed by atoms with Crippen LogP contribution in [-0.2, 0) is 14.3 Å². The molecule has 0 aliphatic rings. The van der Waals surface area contributed by atoms with Crippen LogP contribution >= 0.6 is 11.6 Å². The molecule has 0 atom stereocenters. The Balaban J connectivity index is 1.91. The van der Waals surface area contributed by atoms with Crippen LogP contribution in [0.4, 0.5) is 0 Å². The average Bonchev–Trinajstić information content (AvgIpc) is 2.59. The third-order valence-corrected chi connectivity index (χ3v) is 3.19. The zero-order valence-electron chi connectivity index (χ0n) is 12.3. The summed E-state index contributed by atoms with van der Waals surface area (Å²) in [5, 5.41) is 0.637. The molecule has 0 heterocycles. The number of halogens is 1. The smallest absolute Gasteiger partial charge is 0.193 e. The monoisotopic (exact) mass is 326 g/mol. The van der Waals surface area contributed by atoms with E-state index < -0.39 is 0 Å². The van der Waals surface area contributed by atoms with Crippen LogP contribution in [0.2, 0.25) is 5.02 Å². The molecule has 2 rings (SSSR count). The third kappa shape index (κ3) is 5.93. The minimum absolute atomic E-state index is 0.115. The van der Waals surface area contributed by atoms with Crippen molar-refractivity contribution in [2.45, 2.75) is 0 Å². The second kappa shape index (κ2) is 8.71. The highest BCUT2D eigenvalue weighted by Crippen LogP contribution is 2.11. The highest BCUT2D eigenvalue weighted by Gasteiger charge is 2.02. The first kappa shape index (κ1) is 16.7. The van der Waals surface area contributed by atoms with Crippen molar-refractivity contribution in [2.24, 2.45) is 0 Å². The minimum Gasteiger partial charge on any atom is -0.482 e. The van der Waals surface area contributed by atoms with Gasteiger partial charge in [-0.05, 0) is 35.4 Å². The van der Waals surface area contributed by atoms with Gasteiger partial charge in [0.25, 0.3) is 0 Å². The van der Waals surface area contributed by atoms with Gasteiger partial charge in [0.1, 0.15) is 0 Å². The zero-order valence-corrected chi connectivity index (χ0v) is 13.1. The summed E-state index contributed by atoms with van der Waals surface area (Å²) < 4.78 is 5.24. The normalized spacial score (nSPS) is 11.4. The van der Waals surface area contributed by atoms with Crippen LogP contribution in [0.3, 0.4) is 0 Å². The van der Waals surface area contributed by atoms with E-state index in [9.17, 15) is 9.59 Å². The fourth-order valence-corrected chi connectivity index (χ4v) is 1.91. The molecule has 116 valence electrons. The van der Waals surface area contributed by atoms with Crippen LogP contribution in [0.15, 0.2) is 66.4 Å². The predicted molar refractivity (Wildman–Crippen MR) is 91.9 cm³/mol. The lowest BCUT2D eigenvalue weighted by Gasteiger charge is -2.03. The number of rotatable bonds is 7. The standard InChI is InChI=1S/C19H15ClO3/c20-17-9-6-15(7-10-17)8-11-18(22)14-23-19(13-21)12-16-4-2-1-3-5-16/h1-13H,14H2. The van der Waals surface area contributed by atoms with Gasteiger partial charge in [-0.1, -0.05) is 60.1 Å². The van der Waals surface area contributed by atoms with E-state index in [-0.39, 0.29) is 18.1 Å². The van der Waals surface area contributed by atoms with Crippen molar-refractivity contribution in [1.82, 2.24) is 0 Å². The first-order valence-corrected chi connectivity index (χ1v) is 7.36. The number of carbonyl (C=O) groups is 2. The minimum atomic E-state index is -0.235. The van der Waals surface area contributed by atoms with Crippen molar-refractivity contribution < 1.29 is 14.3 Å². The maximum absolute atomic E-state index is 11.8. The van der Waals surface area contributed by atoms with Crippen molar-refractivity contribution in [3.8, 4) is 0 Å². The Morgan fingerprint density at radius 3 is 2.35 bits per heavy atom. The molecule has 2 aromatic carbocycles. The Bertz CT molecular complexity index is 716. The molecule has 0 aliphatic heterocycles. The van der Waals surface area contributed by atoms with E-state index in [4.69, 9.17) is 16.3 Å². The molecule has 4 heteroatoms. The number of carbonyl (C=O) groups excluding carboxylic acids is 2. The summed E-state index contributed by atoms with van der Waals surface area (Å²) in [7, 11) is 0. The summed E-state index contributed by atoms with van der Waals surface area (Å²) in [4.78, 5) is 22.8. The molecule has 23 heavy (non-hydrogen) atoms. The summed E-state index contributed by atoms with van der Waals surface area (Å²) in [6.45, 7) is -0.193. The molecular formula is C19H15ClO3. The number of benzene rings is 2. The van der Waals surface area contributed by atoms with Gasteiger partial charge in [0.2, 0.25) is 0 Å². The highest BCUT2D eigenvalue weighted by molar-refractivity contribution is 6.30. The summed E-state index contributed by atoms with van der Waals surface area (Å²) in [6, 6.07) is 16.4. The van der Waals surface area contributed by atoms with Gasteiger partial charge in [0.15, 0.2) is 24.4 Å². The Morgan fingerprint density at radius 1 is 1.00 bits per heavy atom. The molecule has 0 N–H and O–H groups in total. The lowest BCUT2D eigenvalue weighted by molar-refractivity contribution is -0.118. The van der Waals surface area contributed by atoms with Crippen molar-refractivity contribution in [3.05, 3.63) is 82.6 Å². The lowest BCUT2D eigenvalue weighted by atomic mass is 10.2. The molecule has 2 aromatic rings. The van der Waals surface area contributed by atoms with E-state index in [1.807, 2.05) is 30.3 Å². The summed E-state index contributed by atoms with van der Waals surface area (Å²) in [5.74, 6) is -0.120. The van der Waals surface area contributed by atoms with Crippen LogP contribution in [0.5, 0.6) is 0 Å². The van der Waals surface area contributed by atoms with Crippen LogP contribution in [0.25, 0.3) is 12.2 Å². The number of hydrogen-bond acceptors (Lipinski definition) is 3. The molecule has 0 bridgehead atoms. The van der Waals surface area contributed by atoms with E-state index in [1.165, 1.54) is 6.08 Å². The molecule has 0 radical (unpaired) electrons. The Kier molecular flexibility index (Phi) is 6.33. The fourth-order valence-electron chi connectivity index (χ4n) is 1.79. The fraction of sp³-hybridized carbons (Fsp3) is 0.0526. The molecule has 0 amide bonds. The molecule has 0 unspecified atom stereocenters. The Hall–Kier alpha value is -2.65. The molecule has 0 fully saturated rings. The Morgan fingerprint density at radius 2 is 1.70 bits per heavy atom. The second-order valence-corrected chi connectivity index (χ2v) is 5.15. The largest absolute Gasteiger partial charge is 0.482 e. The van der Waals surface area contributed by atoms with E-state index in [0.717, 1.165) is 11.1 Å². The number of allylic oxidation sites excluding steroid dienone is 1. The van der Waals surface area contributed by atoms with Crippen LogP contribution in [0, 0.1) is 0 Å². The molecule has 0 saturated carbocycles. The molecule has 0 spiro atoms. The molecule has 0 saturated heterocycles. The SMILES string of the molecule is O=CC(=Cc1ccccc1)OCC(=O)C=Cc1ccc(Cl)cc1. The number of ether oxygens (including phenoxy) is 1. The van der Waals surface area contributed by atoms with Gasteiger partial charge in [-0.2, -0.15) is 0 Å². The number of aldehydes is 1. The van der Waals surface area contributed by atoms with Gasteiger partial charge in [-0.25, -0.2) is 0 Å². The molecular weight excluding hydrogens is 312 g/mol. The predicted octanol–water partition coefficient (Wildman–Crippen LogP) is 4.18. The van der Waals surface area contributed by atoms with E-state index in [2.05, 4.69) is 0 Å². The lowest BCUT2D eigenvalue weighted by Crippen LogP contribution is -2.06. The van der Waals surface area contributed by atoms with Crippen molar-refractivity contribution >= 4 is 35.8 Å². The third-order valence-electron chi connectivity index (χ3n) is 2.94. The molecule has 3 nitrogen and oxygen atoms in total. The van der Waals surface area contributed by atoms with Gasteiger partial charge in [0.05, 0.1) is 0 Å². The van der Waals surface area contributed by atoms with E-state index in [0.29, 0.717) is 11.3 Å². The maximum atomic E-state index is 11.8. The first-order valence-electron chi connectivity index (χ1n) is 6.98. The van der Waals surface area contributed by atoms with Gasteiger partial charge in [-0.15, -0.1) is 0 Å². The summed E-state index contributed by atoms with van der Waals surface area (Å²) in [6.07, 6.45) is 5.25. The highest BCUT2D eigenvalue weighted by atomic mass is 35.5. The Labute approximate surface area is 139 Å². The summed E-state index contributed by atoms with van der Waals surface area (Å²) >= 11 is 5.79. The van der Waals surface area contributed by atoms with Gasteiger partial charge in [0, 0.05) is 5.02 Å². The van der Waals surface area contributed by atoms with Crippen molar-refractivity contribution in [2.75, 3.05) is 6.61 Å². The molecule has 0 aliphatic carbocycles.